The number of hydrogen-bond donors (Lipinski definition) is 1. The van der Waals surface area contributed by atoms with Crippen LogP contribution in [0.25, 0.3) is 0 Å². The van der Waals surface area contributed by atoms with Gasteiger partial charge < -0.3 is 5.32 Å². The van der Waals surface area contributed by atoms with Crippen molar-refractivity contribution in [3.8, 4) is 0 Å². The summed E-state index contributed by atoms with van der Waals surface area (Å²) in [6, 6.07) is 9.77. The van der Waals surface area contributed by atoms with Crippen molar-refractivity contribution < 1.29 is 0 Å². The van der Waals surface area contributed by atoms with Crippen molar-refractivity contribution in [2.75, 3.05) is 0 Å². The first-order valence-corrected chi connectivity index (χ1v) is 7.77. The van der Waals surface area contributed by atoms with Gasteiger partial charge in [-0.25, -0.2) is 0 Å². The summed E-state index contributed by atoms with van der Waals surface area (Å²) in [5.74, 6) is 0. The SMILES string of the molecule is C[C@H](NC1CCCC(C)(C)C1)c1ccc(Br)cc1. The van der Waals surface area contributed by atoms with Crippen molar-refractivity contribution in [3.05, 3.63) is 34.3 Å². The molecule has 18 heavy (non-hydrogen) atoms. The van der Waals surface area contributed by atoms with Crippen molar-refractivity contribution >= 4 is 15.9 Å². The maximum Gasteiger partial charge on any atom is 0.0294 e. The number of nitrogens with one attached hydrogen (secondary N) is 1. The molecule has 100 valence electrons. The van der Waals surface area contributed by atoms with E-state index in [2.05, 4.69) is 66.3 Å². The Morgan fingerprint density at radius 3 is 2.56 bits per heavy atom. The van der Waals surface area contributed by atoms with E-state index in [4.69, 9.17) is 0 Å². The molecule has 0 radical (unpaired) electrons. The summed E-state index contributed by atoms with van der Waals surface area (Å²) in [4.78, 5) is 0. The van der Waals surface area contributed by atoms with Gasteiger partial charge in [0.1, 0.15) is 0 Å². The molecule has 0 aliphatic heterocycles. The van der Waals surface area contributed by atoms with Gasteiger partial charge in [0.25, 0.3) is 0 Å². The highest BCUT2D eigenvalue weighted by Gasteiger charge is 2.28. The molecular weight excluding hydrogens is 286 g/mol. The second-order valence-electron chi connectivity index (χ2n) is 6.40. The standard InChI is InChI=1S/C16H24BrN/c1-12(13-6-8-14(17)9-7-13)18-15-5-4-10-16(2,3)11-15/h6-9,12,15,18H,4-5,10-11H2,1-3H3/t12-,15?/m0/s1. The Bertz CT molecular complexity index is 383. The molecule has 1 saturated carbocycles. The predicted octanol–water partition coefficient (Wildman–Crippen LogP) is 5.07. The van der Waals surface area contributed by atoms with Crippen molar-refractivity contribution in [2.45, 2.75) is 58.5 Å². The molecule has 2 atom stereocenters. The van der Waals surface area contributed by atoms with E-state index in [9.17, 15) is 0 Å². The molecule has 1 N–H and O–H groups in total. The van der Waals surface area contributed by atoms with Gasteiger partial charge in [-0.3, -0.25) is 0 Å². The lowest BCUT2D eigenvalue weighted by Gasteiger charge is -2.37. The summed E-state index contributed by atoms with van der Waals surface area (Å²) in [7, 11) is 0. The summed E-state index contributed by atoms with van der Waals surface area (Å²) in [6.07, 6.45) is 5.35. The third-order valence-corrected chi connectivity index (χ3v) is 4.59. The van der Waals surface area contributed by atoms with Crippen LogP contribution in [0.2, 0.25) is 0 Å². The van der Waals surface area contributed by atoms with E-state index >= 15 is 0 Å². The van der Waals surface area contributed by atoms with E-state index in [-0.39, 0.29) is 0 Å². The molecule has 0 bridgehead atoms. The lowest BCUT2D eigenvalue weighted by molar-refractivity contribution is 0.191. The molecular formula is C16H24BrN. The average molecular weight is 310 g/mol. The van der Waals surface area contributed by atoms with Crippen LogP contribution in [-0.2, 0) is 0 Å². The molecule has 0 aromatic heterocycles. The molecule has 1 aromatic carbocycles. The van der Waals surface area contributed by atoms with E-state index < -0.39 is 0 Å². The van der Waals surface area contributed by atoms with Crippen LogP contribution in [0.3, 0.4) is 0 Å². The molecule has 1 nitrogen and oxygen atoms in total. The van der Waals surface area contributed by atoms with Crippen LogP contribution in [-0.4, -0.2) is 6.04 Å². The van der Waals surface area contributed by atoms with Crippen LogP contribution < -0.4 is 5.32 Å². The Morgan fingerprint density at radius 2 is 1.94 bits per heavy atom. The fourth-order valence-corrected chi connectivity index (χ4v) is 3.31. The van der Waals surface area contributed by atoms with Crippen LogP contribution in [0.5, 0.6) is 0 Å². The second kappa shape index (κ2) is 5.75. The van der Waals surface area contributed by atoms with Gasteiger partial charge in [0, 0.05) is 16.6 Å². The molecule has 2 heteroatoms. The van der Waals surface area contributed by atoms with Crippen molar-refractivity contribution in [1.29, 1.82) is 0 Å². The van der Waals surface area contributed by atoms with E-state index in [0.29, 0.717) is 17.5 Å². The minimum Gasteiger partial charge on any atom is -0.307 e. The number of rotatable bonds is 3. The van der Waals surface area contributed by atoms with Crippen molar-refractivity contribution in [3.63, 3.8) is 0 Å². The topological polar surface area (TPSA) is 12.0 Å². The normalized spacial score (nSPS) is 24.8. The second-order valence-corrected chi connectivity index (χ2v) is 7.31. The highest BCUT2D eigenvalue weighted by Crippen LogP contribution is 2.35. The minimum absolute atomic E-state index is 0.442. The third kappa shape index (κ3) is 3.83. The Kier molecular flexibility index (Phi) is 4.50. The van der Waals surface area contributed by atoms with Gasteiger partial charge in [0.2, 0.25) is 0 Å². The molecule has 0 amide bonds. The zero-order chi connectivity index (χ0) is 13.2. The minimum atomic E-state index is 0.442. The van der Waals surface area contributed by atoms with Gasteiger partial charge in [-0.1, -0.05) is 48.3 Å². The fraction of sp³-hybridized carbons (Fsp3) is 0.625. The summed E-state index contributed by atoms with van der Waals surface area (Å²) in [5, 5.41) is 3.79. The van der Waals surface area contributed by atoms with Gasteiger partial charge in [-0.2, -0.15) is 0 Å². The molecule has 1 fully saturated rings. The van der Waals surface area contributed by atoms with Crippen LogP contribution in [0, 0.1) is 5.41 Å². The van der Waals surface area contributed by atoms with Crippen LogP contribution >= 0.6 is 15.9 Å². The molecule has 1 aliphatic carbocycles. The van der Waals surface area contributed by atoms with Gasteiger partial charge in [-0.05, 0) is 49.3 Å². The maximum absolute atomic E-state index is 3.79. The first kappa shape index (κ1) is 14.1. The number of halogens is 1. The summed E-state index contributed by atoms with van der Waals surface area (Å²) in [5.41, 5.74) is 1.89. The lowest BCUT2D eigenvalue weighted by Crippen LogP contribution is -2.38. The highest BCUT2D eigenvalue weighted by molar-refractivity contribution is 9.10. The Labute approximate surface area is 119 Å². The largest absolute Gasteiger partial charge is 0.307 e. The van der Waals surface area contributed by atoms with Crippen LogP contribution in [0.1, 0.15) is 58.1 Å². The quantitative estimate of drug-likeness (QED) is 0.822. The van der Waals surface area contributed by atoms with E-state index in [1.54, 1.807) is 0 Å². The Balaban J connectivity index is 1.94. The fourth-order valence-electron chi connectivity index (χ4n) is 3.04. The van der Waals surface area contributed by atoms with Gasteiger partial charge >= 0.3 is 0 Å². The number of hydrogen-bond acceptors (Lipinski definition) is 1. The third-order valence-electron chi connectivity index (χ3n) is 4.06. The van der Waals surface area contributed by atoms with Crippen molar-refractivity contribution in [1.82, 2.24) is 5.32 Å². The summed E-state index contributed by atoms with van der Waals surface area (Å²) >= 11 is 3.49. The molecule has 0 spiro atoms. The van der Waals surface area contributed by atoms with E-state index in [0.717, 1.165) is 4.47 Å². The Morgan fingerprint density at radius 1 is 1.28 bits per heavy atom. The monoisotopic (exact) mass is 309 g/mol. The highest BCUT2D eigenvalue weighted by atomic mass is 79.9. The maximum atomic E-state index is 3.79. The van der Waals surface area contributed by atoms with Gasteiger partial charge in [0.15, 0.2) is 0 Å². The average Bonchev–Trinajstić information content (AvgIpc) is 2.28. The first-order chi connectivity index (χ1) is 8.46. The smallest absolute Gasteiger partial charge is 0.0294 e. The van der Waals surface area contributed by atoms with Crippen LogP contribution in [0.4, 0.5) is 0 Å². The lowest BCUT2D eigenvalue weighted by atomic mass is 9.75. The molecule has 1 aliphatic rings. The molecule has 2 rings (SSSR count). The number of benzene rings is 1. The molecule has 0 saturated heterocycles. The van der Waals surface area contributed by atoms with Crippen LogP contribution in [0.15, 0.2) is 28.7 Å². The zero-order valence-electron chi connectivity index (χ0n) is 11.7. The molecule has 1 unspecified atom stereocenters. The summed E-state index contributed by atoms with van der Waals surface area (Å²) < 4.78 is 1.15. The van der Waals surface area contributed by atoms with Crippen molar-refractivity contribution in [2.24, 2.45) is 5.41 Å². The van der Waals surface area contributed by atoms with E-state index in [1.165, 1.54) is 31.2 Å². The predicted molar refractivity (Wildman–Crippen MR) is 81.7 cm³/mol. The van der Waals surface area contributed by atoms with E-state index in [1.807, 2.05) is 0 Å². The molecule has 1 aromatic rings. The Hall–Kier alpha value is -0.340. The first-order valence-electron chi connectivity index (χ1n) is 6.98. The van der Waals surface area contributed by atoms with Gasteiger partial charge in [0.05, 0.1) is 0 Å². The zero-order valence-corrected chi connectivity index (χ0v) is 13.3. The summed E-state index contributed by atoms with van der Waals surface area (Å²) in [6.45, 7) is 7.06. The molecule has 0 heterocycles. The van der Waals surface area contributed by atoms with Gasteiger partial charge in [-0.15, -0.1) is 0 Å².